The normalized spacial score (nSPS) is 12.5. The third kappa shape index (κ3) is 1.99. The summed E-state index contributed by atoms with van der Waals surface area (Å²) in [4.78, 5) is 10.7. The molecule has 0 unspecified atom stereocenters. The monoisotopic (exact) mass is 180 g/mol. The molecule has 1 aromatic heterocycles. The van der Waals surface area contributed by atoms with Crippen LogP contribution in [-0.2, 0) is 4.79 Å². The van der Waals surface area contributed by atoms with Crippen LogP contribution in [0.4, 0.5) is 0 Å². The fraction of sp³-hybridized carbons (Fsp3) is 0.300. The van der Waals surface area contributed by atoms with Crippen molar-refractivity contribution >= 4 is 11.5 Å². The van der Waals surface area contributed by atoms with Crippen molar-refractivity contribution in [2.75, 3.05) is 0 Å². The van der Waals surface area contributed by atoms with Crippen LogP contribution in [0.3, 0.4) is 0 Å². The Morgan fingerprint density at radius 2 is 2.31 bits per heavy atom. The number of hydrogen-bond acceptors (Lipinski definition) is 2. The Morgan fingerprint density at radius 1 is 1.62 bits per heavy atom. The molecule has 0 amide bonds. The minimum absolute atomic E-state index is 0.345. The van der Waals surface area contributed by atoms with Gasteiger partial charge >= 0.3 is 5.97 Å². The smallest absolute Gasteiger partial charge is 0.331 e. The maximum atomic E-state index is 10.7. The van der Waals surface area contributed by atoms with Gasteiger partial charge in [0.2, 0.25) is 0 Å². The van der Waals surface area contributed by atoms with Crippen LogP contribution in [0.5, 0.6) is 0 Å². The lowest BCUT2D eigenvalue weighted by Crippen LogP contribution is -1.99. The van der Waals surface area contributed by atoms with Crippen molar-refractivity contribution in [3.8, 4) is 0 Å². The van der Waals surface area contributed by atoms with Gasteiger partial charge in [0.15, 0.2) is 0 Å². The van der Waals surface area contributed by atoms with Crippen LogP contribution in [0.15, 0.2) is 28.4 Å². The number of carboxylic acid groups (broad SMARTS) is 1. The molecule has 13 heavy (non-hydrogen) atoms. The molecule has 1 rings (SSSR count). The van der Waals surface area contributed by atoms with Gasteiger partial charge < -0.3 is 9.52 Å². The fourth-order valence-electron chi connectivity index (χ4n) is 1.20. The topological polar surface area (TPSA) is 50.4 Å². The van der Waals surface area contributed by atoms with Crippen molar-refractivity contribution in [1.29, 1.82) is 0 Å². The minimum Gasteiger partial charge on any atom is -0.478 e. The fourth-order valence-corrected chi connectivity index (χ4v) is 1.20. The summed E-state index contributed by atoms with van der Waals surface area (Å²) >= 11 is 0. The van der Waals surface area contributed by atoms with Gasteiger partial charge in [-0.2, -0.15) is 0 Å². The summed E-state index contributed by atoms with van der Waals surface area (Å²) in [6.07, 6.45) is 2.20. The third-order valence-corrected chi connectivity index (χ3v) is 1.95. The Morgan fingerprint density at radius 3 is 2.69 bits per heavy atom. The first-order valence-electron chi connectivity index (χ1n) is 4.13. The van der Waals surface area contributed by atoms with Gasteiger partial charge in [0.05, 0.1) is 6.26 Å². The minimum atomic E-state index is -0.895. The Kier molecular flexibility index (Phi) is 2.90. The molecule has 1 N–H and O–H groups in total. The Balaban J connectivity index is 3.11. The predicted octanol–water partition coefficient (Wildman–Crippen LogP) is 2.55. The highest BCUT2D eigenvalue weighted by Crippen LogP contribution is 2.22. The van der Waals surface area contributed by atoms with E-state index in [0.717, 1.165) is 5.57 Å². The first-order chi connectivity index (χ1) is 6.16. The summed E-state index contributed by atoms with van der Waals surface area (Å²) in [5, 5.41) is 8.78. The van der Waals surface area contributed by atoms with E-state index in [0.29, 0.717) is 17.8 Å². The molecule has 0 bridgehead atoms. The summed E-state index contributed by atoms with van der Waals surface area (Å²) in [7, 11) is 0. The van der Waals surface area contributed by atoms with Gasteiger partial charge in [-0.1, -0.05) is 6.92 Å². The van der Waals surface area contributed by atoms with E-state index in [1.165, 1.54) is 0 Å². The molecule has 0 aliphatic rings. The molecule has 3 nitrogen and oxygen atoms in total. The van der Waals surface area contributed by atoms with E-state index in [4.69, 9.17) is 9.52 Å². The lowest BCUT2D eigenvalue weighted by molar-refractivity contribution is -0.132. The molecule has 0 aromatic carbocycles. The van der Waals surface area contributed by atoms with Gasteiger partial charge in [-0.3, -0.25) is 0 Å². The van der Waals surface area contributed by atoms with Crippen molar-refractivity contribution < 1.29 is 14.3 Å². The molecule has 0 radical (unpaired) electrons. The van der Waals surface area contributed by atoms with E-state index < -0.39 is 5.97 Å². The molecular formula is C10H12O3. The summed E-state index contributed by atoms with van der Waals surface area (Å²) in [5.41, 5.74) is 1.09. The number of rotatable bonds is 3. The van der Waals surface area contributed by atoms with Gasteiger partial charge in [0.25, 0.3) is 0 Å². The SMILES string of the molecule is CC/C(=C(/C)C(=O)O)c1ccco1. The Labute approximate surface area is 76.7 Å². The maximum Gasteiger partial charge on any atom is 0.331 e. The summed E-state index contributed by atoms with van der Waals surface area (Å²) < 4.78 is 5.14. The molecule has 0 aliphatic carbocycles. The highest BCUT2D eigenvalue weighted by Gasteiger charge is 2.11. The number of allylic oxidation sites excluding steroid dienone is 1. The van der Waals surface area contributed by atoms with Crippen molar-refractivity contribution in [2.45, 2.75) is 20.3 Å². The number of furan rings is 1. The highest BCUT2D eigenvalue weighted by molar-refractivity contribution is 5.95. The standard InChI is InChI=1S/C10H12O3/c1-3-8(7(2)10(11)12)9-5-4-6-13-9/h4-6H,3H2,1-2H3,(H,11,12)/b8-7+. The second-order valence-electron chi connectivity index (χ2n) is 2.74. The Hall–Kier alpha value is -1.51. The lowest BCUT2D eigenvalue weighted by Gasteiger charge is -2.02. The number of hydrogen-bond donors (Lipinski definition) is 1. The summed E-state index contributed by atoms with van der Waals surface area (Å²) in [6, 6.07) is 3.52. The summed E-state index contributed by atoms with van der Waals surface area (Å²) in [6.45, 7) is 3.49. The number of carbonyl (C=O) groups is 1. The first-order valence-corrected chi connectivity index (χ1v) is 4.13. The second kappa shape index (κ2) is 3.94. The van der Waals surface area contributed by atoms with Crippen molar-refractivity contribution in [1.82, 2.24) is 0 Å². The summed E-state index contributed by atoms with van der Waals surface area (Å²) in [5.74, 6) is -0.254. The average Bonchev–Trinajstić information content (AvgIpc) is 2.58. The lowest BCUT2D eigenvalue weighted by atomic mass is 10.1. The molecule has 0 aliphatic heterocycles. The van der Waals surface area contributed by atoms with E-state index in [1.54, 1.807) is 25.3 Å². The third-order valence-electron chi connectivity index (χ3n) is 1.95. The van der Waals surface area contributed by atoms with Gasteiger partial charge in [-0.25, -0.2) is 4.79 Å². The molecule has 0 saturated carbocycles. The quantitative estimate of drug-likeness (QED) is 0.727. The van der Waals surface area contributed by atoms with Crippen LogP contribution in [0, 0.1) is 0 Å². The molecule has 3 heteroatoms. The molecule has 0 atom stereocenters. The van der Waals surface area contributed by atoms with Crippen molar-refractivity contribution in [3.05, 3.63) is 29.7 Å². The van der Waals surface area contributed by atoms with Crippen LogP contribution in [0.2, 0.25) is 0 Å². The van der Waals surface area contributed by atoms with Crippen LogP contribution in [-0.4, -0.2) is 11.1 Å². The van der Waals surface area contributed by atoms with Crippen LogP contribution in [0.25, 0.3) is 5.57 Å². The number of carboxylic acids is 1. The maximum absolute atomic E-state index is 10.7. The molecule has 0 spiro atoms. The molecule has 1 heterocycles. The van der Waals surface area contributed by atoms with Crippen LogP contribution < -0.4 is 0 Å². The van der Waals surface area contributed by atoms with Gasteiger partial charge in [-0.15, -0.1) is 0 Å². The van der Waals surface area contributed by atoms with Gasteiger partial charge in [0, 0.05) is 11.1 Å². The largest absolute Gasteiger partial charge is 0.478 e. The zero-order valence-electron chi connectivity index (χ0n) is 7.70. The van der Waals surface area contributed by atoms with E-state index >= 15 is 0 Å². The van der Waals surface area contributed by atoms with E-state index in [9.17, 15) is 4.79 Å². The van der Waals surface area contributed by atoms with Gasteiger partial charge in [-0.05, 0) is 25.5 Å². The Bertz CT molecular complexity index is 320. The molecule has 70 valence electrons. The second-order valence-corrected chi connectivity index (χ2v) is 2.74. The molecule has 1 aromatic rings. The average molecular weight is 180 g/mol. The highest BCUT2D eigenvalue weighted by atomic mass is 16.4. The van der Waals surface area contributed by atoms with Crippen LogP contribution >= 0.6 is 0 Å². The van der Waals surface area contributed by atoms with E-state index in [-0.39, 0.29) is 0 Å². The van der Waals surface area contributed by atoms with E-state index in [2.05, 4.69) is 0 Å². The van der Waals surface area contributed by atoms with Crippen molar-refractivity contribution in [2.24, 2.45) is 0 Å². The first kappa shape index (κ1) is 9.58. The molecular weight excluding hydrogens is 168 g/mol. The zero-order valence-corrected chi connectivity index (χ0v) is 7.70. The van der Waals surface area contributed by atoms with E-state index in [1.807, 2.05) is 6.92 Å². The zero-order chi connectivity index (χ0) is 9.84. The number of aliphatic carboxylic acids is 1. The molecule has 0 saturated heterocycles. The van der Waals surface area contributed by atoms with Crippen LogP contribution in [0.1, 0.15) is 26.0 Å². The molecule has 0 fully saturated rings. The van der Waals surface area contributed by atoms with Crippen molar-refractivity contribution in [3.63, 3.8) is 0 Å². The predicted molar refractivity (Wildman–Crippen MR) is 49.2 cm³/mol. The van der Waals surface area contributed by atoms with Gasteiger partial charge in [0.1, 0.15) is 5.76 Å².